The Morgan fingerprint density at radius 2 is 1.88 bits per heavy atom. The Hall–Kier alpha value is -2.70. The zero-order valence-electron chi connectivity index (χ0n) is 13.9. The highest BCUT2D eigenvalue weighted by molar-refractivity contribution is 5.75. The minimum absolute atomic E-state index is 0.188. The molecule has 0 fully saturated rings. The van der Waals surface area contributed by atoms with Crippen molar-refractivity contribution in [3.8, 4) is 11.5 Å². The molecule has 1 unspecified atom stereocenters. The third kappa shape index (κ3) is 3.92. The lowest BCUT2D eigenvalue weighted by molar-refractivity contribution is -0.274. The van der Waals surface area contributed by atoms with Crippen LogP contribution in [0.3, 0.4) is 0 Å². The van der Waals surface area contributed by atoms with Crippen LogP contribution in [-0.2, 0) is 11.2 Å². The number of ether oxygens (including phenoxy) is 2. The lowest BCUT2D eigenvalue weighted by atomic mass is 10.0. The zero-order valence-corrected chi connectivity index (χ0v) is 13.9. The third-order valence-corrected chi connectivity index (χ3v) is 4.43. The molecule has 3 rings (SSSR count). The second kappa shape index (κ2) is 6.90. The number of halogens is 3. The van der Waals surface area contributed by atoms with Crippen LogP contribution in [0.25, 0.3) is 0 Å². The fraction of sp³-hybridized carbons (Fsp3) is 0.316. The number of carbonyl (C=O) groups is 1. The molecule has 138 valence electrons. The standard InChI is InChI=1S/C19H17F3O4/c1-11(18(23)24)12-5-7-13(8-6-12)25-16-10-9-15-14(16)3-2-4-17(15)26-19(20,21)22/h2-8,11,16H,9-10H2,1H3,(H,23,24)/t11?,16-/m1/s1. The number of carboxylic acids is 1. The number of fused-ring (bicyclic) bond motifs is 1. The summed E-state index contributed by atoms with van der Waals surface area (Å²) >= 11 is 0. The molecule has 0 aliphatic heterocycles. The summed E-state index contributed by atoms with van der Waals surface area (Å²) < 4.78 is 47.5. The van der Waals surface area contributed by atoms with Gasteiger partial charge in [0.05, 0.1) is 5.92 Å². The van der Waals surface area contributed by atoms with Crippen molar-refractivity contribution in [2.45, 2.75) is 38.1 Å². The number of hydrogen-bond acceptors (Lipinski definition) is 3. The van der Waals surface area contributed by atoms with E-state index >= 15 is 0 Å². The number of hydrogen-bond donors (Lipinski definition) is 1. The molecular formula is C19H17F3O4. The normalized spacial score (nSPS) is 17.5. The molecule has 0 radical (unpaired) electrons. The molecule has 0 saturated heterocycles. The molecule has 1 N–H and O–H groups in total. The van der Waals surface area contributed by atoms with Gasteiger partial charge in [-0.1, -0.05) is 24.3 Å². The van der Waals surface area contributed by atoms with Crippen molar-refractivity contribution in [1.82, 2.24) is 0 Å². The monoisotopic (exact) mass is 366 g/mol. The van der Waals surface area contributed by atoms with Gasteiger partial charge in [0, 0.05) is 5.56 Å². The Balaban J connectivity index is 1.76. The van der Waals surface area contributed by atoms with E-state index in [1.165, 1.54) is 12.1 Å². The van der Waals surface area contributed by atoms with Crippen LogP contribution in [0, 0.1) is 0 Å². The molecule has 26 heavy (non-hydrogen) atoms. The molecule has 0 aromatic heterocycles. The van der Waals surface area contributed by atoms with Crippen molar-refractivity contribution in [3.63, 3.8) is 0 Å². The SMILES string of the molecule is CC(C(=O)O)c1ccc(O[C@@H]2CCc3c(OC(F)(F)F)cccc32)cc1. The van der Waals surface area contributed by atoms with Crippen LogP contribution in [0.4, 0.5) is 13.2 Å². The summed E-state index contributed by atoms with van der Waals surface area (Å²) in [5.74, 6) is -1.20. The van der Waals surface area contributed by atoms with Crippen molar-refractivity contribution in [3.05, 3.63) is 59.2 Å². The Bertz CT molecular complexity index is 799. The predicted octanol–water partition coefficient (Wildman–Crippen LogP) is 4.84. The molecule has 0 heterocycles. The summed E-state index contributed by atoms with van der Waals surface area (Å²) in [5, 5.41) is 9.03. The highest BCUT2D eigenvalue weighted by atomic mass is 19.4. The predicted molar refractivity (Wildman–Crippen MR) is 87.3 cm³/mol. The summed E-state index contributed by atoms with van der Waals surface area (Å²) in [5.41, 5.74) is 1.83. The number of benzene rings is 2. The highest BCUT2D eigenvalue weighted by Crippen LogP contribution is 2.41. The van der Waals surface area contributed by atoms with Gasteiger partial charge in [0.1, 0.15) is 17.6 Å². The average molecular weight is 366 g/mol. The van der Waals surface area contributed by atoms with Gasteiger partial charge < -0.3 is 14.6 Å². The Kier molecular flexibility index (Phi) is 4.80. The van der Waals surface area contributed by atoms with Crippen LogP contribution in [0.2, 0.25) is 0 Å². The zero-order chi connectivity index (χ0) is 18.9. The molecule has 1 aliphatic rings. The fourth-order valence-corrected chi connectivity index (χ4v) is 3.07. The largest absolute Gasteiger partial charge is 0.573 e. The van der Waals surface area contributed by atoms with Crippen LogP contribution in [0.5, 0.6) is 11.5 Å². The van der Waals surface area contributed by atoms with Gasteiger partial charge in [-0.15, -0.1) is 13.2 Å². The summed E-state index contributed by atoms with van der Waals surface area (Å²) in [7, 11) is 0. The second-order valence-electron chi connectivity index (χ2n) is 6.15. The van der Waals surface area contributed by atoms with E-state index < -0.39 is 18.2 Å². The van der Waals surface area contributed by atoms with E-state index in [4.69, 9.17) is 9.84 Å². The number of alkyl halides is 3. The van der Waals surface area contributed by atoms with Gasteiger partial charge in [0.15, 0.2) is 0 Å². The van der Waals surface area contributed by atoms with Crippen LogP contribution >= 0.6 is 0 Å². The third-order valence-electron chi connectivity index (χ3n) is 4.43. The maximum atomic E-state index is 12.5. The van der Waals surface area contributed by atoms with Gasteiger partial charge in [-0.05, 0) is 49.1 Å². The topological polar surface area (TPSA) is 55.8 Å². The minimum Gasteiger partial charge on any atom is -0.486 e. The van der Waals surface area contributed by atoms with Gasteiger partial charge in [0.2, 0.25) is 0 Å². The molecule has 2 aromatic rings. The van der Waals surface area contributed by atoms with E-state index in [0.29, 0.717) is 35.3 Å². The van der Waals surface area contributed by atoms with Gasteiger partial charge >= 0.3 is 12.3 Å². The highest BCUT2D eigenvalue weighted by Gasteiger charge is 2.35. The first kappa shape index (κ1) is 18.1. The smallest absolute Gasteiger partial charge is 0.486 e. The molecule has 1 aliphatic carbocycles. The molecule has 4 nitrogen and oxygen atoms in total. The van der Waals surface area contributed by atoms with E-state index in [1.54, 1.807) is 37.3 Å². The van der Waals surface area contributed by atoms with Crippen molar-refractivity contribution in [1.29, 1.82) is 0 Å². The maximum Gasteiger partial charge on any atom is 0.573 e. The lowest BCUT2D eigenvalue weighted by Crippen LogP contribution is -2.18. The van der Waals surface area contributed by atoms with Crippen LogP contribution < -0.4 is 9.47 Å². The van der Waals surface area contributed by atoms with Gasteiger partial charge in [-0.3, -0.25) is 4.79 Å². The van der Waals surface area contributed by atoms with Crippen LogP contribution in [-0.4, -0.2) is 17.4 Å². The Morgan fingerprint density at radius 1 is 1.19 bits per heavy atom. The first-order valence-corrected chi connectivity index (χ1v) is 8.11. The summed E-state index contributed by atoms with van der Waals surface area (Å²) in [6.07, 6.45) is -4.13. The van der Waals surface area contributed by atoms with Crippen molar-refractivity contribution in [2.75, 3.05) is 0 Å². The lowest BCUT2D eigenvalue weighted by Gasteiger charge is -2.17. The van der Waals surface area contributed by atoms with E-state index in [9.17, 15) is 18.0 Å². The number of rotatable bonds is 5. The molecular weight excluding hydrogens is 349 g/mol. The van der Waals surface area contributed by atoms with Crippen LogP contribution in [0.15, 0.2) is 42.5 Å². The van der Waals surface area contributed by atoms with E-state index in [2.05, 4.69) is 4.74 Å². The molecule has 7 heteroatoms. The van der Waals surface area contributed by atoms with Gasteiger partial charge in [-0.25, -0.2) is 0 Å². The van der Waals surface area contributed by atoms with E-state index in [1.807, 2.05) is 0 Å². The summed E-state index contributed by atoms with van der Waals surface area (Å²) in [4.78, 5) is 11.0. The first-order chi connectivity index (χ1) is 12.2. The molecule has 0 spiro atoms. The molecule has 0 amide bonds. The van der Waals surface area contributed by atoms with E-state index in [-0.39, 0.29) is 11.9 Å². The summed E-state index contributed by atoms with van der Waals surface area (Å²) in [6.45, 7) is 1.59. The van der Waals surface area contributed by atoms with Crippen LogP contribution in [0.1, 0.15) is 42.1 Å². The fourth-order valence-electron chi connectivity index (χ4n) is 3.07. The second-order valence-corrected chi connectivity index (χ2v) is 6.15. The molecule has 0 saturated carbocycles. The van der Waals surface area contributed by atoms with Gasteiger partial charge in [-0.2, -0.15) is 0 Å². The molecule has 2 atom stereocenters. The molecule has 0 bridgehead atoms. The van der Waals surface area contributed by atoms with Crippen molar-refractivity contribution in [2.24, 2.45) is 0 Å². The minimum atomic E-state index is -4.73. The first-order valence-electron chi connectivity index (χ1n) is 8.11. The maximum absolute atomic E-state index is 12.5. The van der Waals surface area contributed by atoms with Crippen molar-refractivity contribution < 1.29 is 32.5 Å². The number of carboxylic acid groups (broad SMARTS) is 1. The number of aliphatic carboxylic acids is 1. The Morgan fingerprint density at radius 3 is 2.50 bits per heavy atom. The van der Waals surface area contributed by atoms with E-state index in [0.717, 1.165) is 0 Å². The van der Waals surface area contributed by atoms with Gasteiger partial charge in [0.25, 0.3) is 0 Å². The van der Waals surface area contributed by atoms with Crippen molar-refractivity contribution >= 4 is 5.97 Å². The molecule has 2 aromatic carbocycles. The Labute approximate surface area is 148 Å². The summed E-state index contributed by atoms with van der Waals surface area (Å²) in [6, 6.07) is 11.2. The quantitative estimate of drug-likeness (QED) is 0.823. The average Bonchev–Trinajstić information content (AvgIpc) is 2.98.